The first kappa shape index (κ1) is 15.5. The zero-order chi connectivity index (χ0) is 15.5. The fourth-order valence-corrected chi connectivity index (χ4v) is 2.67. The van der Waals surface area contributed by atoms with Crippen molar-refractivity contribution in [1.82, 2.24) is 9.71 Å². The average molecular weight is 316 g/mol. The van der Waals surface area contributed by atoms with Crippen LogP contribution in [0.15, 0.2) is 53.7 Å². The van der Waals surface area contributed by atoms with Crippen molar-refractivity contribution >= 4 is 10.0 Å². The second-order valence-corrected chi connectivity index (χ2v) is 5.98. The molecule has 0 fully saturated rings. The van der Waals surface area contributed by atoms with Crippen molar-refractivity contribution in [3.8, 4) is 0 Å². The molecule has 0 amide bonds. The summed E-state index contributed by atoms with van der Waals surface area (Å²) in [5, 5.41) is 0. The van der Waals surface area contributed by atoms with Gasteiger partial charge in [-0.3, -0.25) is 4.98 Å². The van der Waals surface area contributed by atoms with Crippen LogP contribution in [0.1, 0.15) is 11.1 Å². The van der Waals surface area contributed by atoms with E-state index in [1.165, 1.54) is 12.4 Å². The number of rotatable bonds is 4. The molecular weight excluding hydrogens is 305 g/mol. The van der Waals surface area contributed by atoms with Gasteiger partial charge in [0.25, 0.3) is 0 Å². The SMILES string of the molecule is O=S(=O)(NCc1cccnc1)c1cccc(C(F)(F)F)c1. The van der Waals surface area contributed by atoms with Gasteiger partial charge in [-0.25, -0.2) is 13.1 Å². The Kier molecular flexibility index (Phi) is 4.29. The molecule has 0 radical (unpaired) electrons. The highest BCUT2D eigenvalue weighted by molar-refractivity contribution is 7.89. The molecule has 0 aliphatic heterocycles. The minimum absolute atomic E-state index is 0.0492. The van der Waals surface area contributed by atoms with Crippen molar-refractivity contribution in [2.45, 2.75) is 17.6 Å². The second-order valence-electron chi connectivity index (χ2n) is 4.21. The van der Waals surface area contributed by atoms with E-state index in [1.54, 1.807) is 12.1 Å². The molecule has 0 bridgehead atoms. The van der Waals surface area contributed by atoms with Crippen LogP contribution >= 0.6 is 0 Å². The van der Waals surface area contributed by atoms with E-state index in [0.717, 1.165) is 18.2 Å². The Bertz CT molecular complexity index is 716. The molecule has 1 aromatic heterocycles. The summed E-state index contributed by atoms with van der Waals surface area (Å²) >= 11 is 0. The van der Waals surface area contributed by atoms with Crippen molar-refractivity contribution in [1.29, 1.82) is 0 Å². The smallest absolute Gasteiger partial charge is 0.264 e. The predicted octanol–water partition coefficient (Wildman–Crippen LogP) is 2.58. The lowest BCUT2D eigenvalue weighted by atomic mass is 10.2. The number of alkyl halides is 3. The lowest BCUT2D eigenvalue weighted by Gasteiger charge is -2.10. The summed E-state index contributed by atoms with van der Waals surface area (Å²) in [4.78, 5) is 3.39. The maximum absolute atomic E-state index is 12.6. The molecule has 112 valence electrons. The topological polar surface area (TPSA) is 59.1 Å². The number of benzene rings is 1. The van der Waals surface area contributed by atoms with E-state index < -0.39 is 26.7 Å². The van der Waals surface area contributed by atoms with Crippen LogP contribution in [0, 0.1) is 0 Å². The van der Waals surface area contributed by atoms with Crippen molar-refractivity contribution in [2.75, 3.05) is 0 Å². The van der Waals surface area contributed by atoms with E-state index in [2.05, 4.69) is 9.71 Å². The number of hydrogen-bond donors (Lipinski definition) is 1. The Morgan fingerprint density at radius 2 is 1.90 bits per heavy atom. The molecule has 2 aromatic rings. The van der Waals surface area contributed by atoms with Gasteiger partial charge in [-0.1, -0.05) is 12.1 Å². The van der Waals surface area contributed by atoms with Gasteiger partial charge in [0.05, 0.1) is 10.5 Å². The van der Waals surface area contributed by atoms with Gasteiger partial charge in [0.15, 0.2) is 0 Å². The molecule has 0 unspecified atom stereocenters. The maximum atomic E-state index is 12.6. The lowest BCUT2D eigenvalue weighted by Crippen LogP contribution is -2.23. The molecule has 1 N–H and O–H groups in total. The second kappa shape index (κ2) is 5.82. The van der Waals surface area contributed by atoms with Gasteiger partial charge in [-0.2, -0.15) is 13.2 Å². The van der Waals surface area contributed by atoms with Gasteiger partial charge in [0, 0.05) is 18.9 Å². The van der Waals surface area contributed by atoms with E-state index in [-0.39, 0.29) is 6.54 Å². The Labute approximate surface area is 119 Å². The summed E-state index contributed by atoms with van der Waals surface area (Å²) in [6, 6.07) is 6.88. The van der Waals surface area contributed by atoms with Crippen LogP contribution in [-0.4, -0.2) is 13.4 Å². The van der Waals surface area contributed by atoms with Gasteiger partial charge in [0.2, 0.25) is 10.0 Å². The molecule has 0 aliphatic carbocycles. The first-order chi connectivity index (χ1) is 9.79. The van der Waals surface area contributed by atoms with Gasteiger partial charge in [-0.15, -0.1) is 0 Å². The monoisotopic (exact) mass is 316 g/mol. The Morgan fingerprint density at radius 3 is 2.52 bits per heavy atom. The van der Waals surface area contributed by atoms with Gasteiger partial charge >= 0.3 is 6.18 Å². The third-order valence-corrected chi connectivity index (χ3v) is 4.06. The molecule has 8 heteroatoms. The van der Waals surface area contributed by atoms with Crippen molar-refractivity contribution in [2.24, 2.45) is 0 Å². The zero-order valence-electron chi connectivity index (χ0n) is 10.6. The summed E-state index contributed by atoms with van der Waals surface area (Å²) in [5.41, 5.74) is -0.403. The van der Waals surface area contributed by atoms with Crippen LogP contribution in [0.2, 0.25) is 0 Å². The summed E-state index contributed by atoms with van der Waals surface area (Å²) < 4.78 is 64.0. The molecule has 21 heavy (non-hydrogen) atoms. The molecular formula is C13H11F3N2O2S. The minimum atomic E-state index is -4.59. The molecule has 1 heterocycles. The molecule has 0 atom stereocenters. The first-order valence-electron chi connectivity index (χ1n) is 5.85. The van der Waals surface area contributed by atoms with Crippen LogP contribution in [0.4, 0.5) is 13.2 Å². The highest BCUT2D eigenvalue weighted by Crippen LogP contribution is 2.30. The molecule has 2 rings (SSSR count). The normalized spacial score (nSPS) is 12.3. The first-order valence-corrected chi connectivity index (χ1v) is 7.33. The van der Waals surface area contributed by atoms with Crippen molar-refractivity contribution in [3.05, 3.63) is 59.9 Å². The molecule has 0 saturated heterocycles. The van der Waals surface area contributed by atoms with E-state index in [4.69, 9.17) is 0 Å². The van der Waals surface area contributed by atoms with Crippen LogP contribution in [0.25, 0.3) is 0 Å². The number of aromatic nitrogens is 1. The zero-order valence-corrected chi connectivity index (χ0v) is 11.4. The largest absolute Gasteiger partial charge is 0.416 e. The highest BCUT2D eigenvalue weighted by atomic mass is 32.2. The molecule has 4 nitrogen and oxygen atoms in total. The Hall–Kier alpha value is -1.93. The highest BCUT2D eigenvalue weighted by Gasteiger charge is 2.31. The molecule has 0 aliphatic rings. The van der Waals surface area contributed by atoms with Crippen LogP contribution in [0.3, 0.4) is 0 Å². The maximum Gasteiger partial charge on any atom is 0.416 e. The fraction of sp³-hybridized carbons (Fsp3) is 0.154. The number of halogens is 3. The van der Waals surface area contributed by atoms with Gasteiger partial charge < -0.3 is 0 Å². The van der Waals surface area contributed by atoms with Crippen LogP contribution in [-0.2, 0) is 22.7 Å². The molecule has 1 aromatic carbocycles. The van der Waals surface area contributed by atoms with E-state index in [0.29, 0.717) is 11.6 Å². The van der Waals surface area contributed by atoms with Crippen LogP contribution < -0.4 is 4.72 Å². The van der Waals surface area contributed by atoms with Gasteiger partial charge in [0.1, 0.15) is 0 Å². The summed E-state index contributed by atoms with van der Waals surface area (Å²) in [6.07, 6.45) is -1.59. The third-order valence-electron chi connectivity index (χ3n) is 2.66. The van der Waals surface area contributed by atoms with Gasteiger partial charge in [-0.05, 0) is 29.8 Å². The number of nitrogens with zero attached hydrogens (tertiary/aromatic N) is 1. The summed E-state index contributed by atoms with van der Waals surface area (Å²) in [6.45, 7) is -0.0492. The van der Waals surface area contributed by atoms with E-state index in [9.17, 15) is 21.6 Å². The summed E-state index contributed by atoms with van der Waals surface area (Å²) in [5.74, 6) is 0. The fourth-order valence-electron chi connectivity index (χ4n) is 1.60. The third kappa shape index (κ3) is 4.02. The van der Waals surface area contributed by atoms with E-state index in [1.807, 2.05) is 0 Å². The van der Waals surface area contributed by atoms with E-state index >= 15 is 0 Å². The van der Waals surface area contributed by atoms with Crippen molar-refractivity contribution < 1.29 is 21.6 Å². The van der Waals surface area contributed by atoms with Crippen LogP contribution in [0.5, 0.6) is 0 Å². The quantitative estimate of drug-likeness (QED) is 0.943. The number of hydrogen-bond acceptors (Lipinski definition) is 3. The number of nitrogens with one attached hydrogen (secondary N) is 1. The predicted molar refractivity (Wildman–Crippen MR) is 69.7 cm³/mol. The summed E-state index contributed by atoms with van der Waals surface area (Å²) in [7, 11) is -4.02. The minimum Gasteiger partial charge on any atom is -0.264 e. The number of sulfonamides is 1. The Morgan fingerprint density at radius 1 is 1.14 bits per heavy atom. The Balaban J connectivity index is 2.20. The molecule has 0 saturated carbocycles. The average Bonchev–Trinajstić information content (AvgIpc) is 2.46. The van der Waals surface area contributed by atoms with Crippen molar-refractivity contribution in [3.63, 3.8) is 0 Å². The lowest BCUT2D eigenvalue weighted by molar-refractivity contribution is -0.137. The molecule has 0 spiro atoms. The number of pyridine rings is 1. The standard InChI is InChI=1S/C13H11F3N2O2S/c14-13(15,16)11-4-1-5-12(7-11)21(19,20)18-9-10-3-2-6-17-8-10/h1-8,18H,9H2.